The molecule has 0 radical (unpaired) electrons. The van der Waals surface area contributed by atoms with Crippen LogP contribution in [0, 0.1) is 5.82 Å². The molecule has 1 aromatic carbocycles. The summed E-state index contributed by atoms with van der Waals surface area (Å²) >= 11 is 0. The molecule has 0 saturated carbocycles. The average Bonchev–Trinajstić information content (AvgIpc) is 2.57. The van der Waals surface area contributed by atoms with Gasteiger partial charge in [-0.1, -0.05) is 12.1 Å². The number of aromatic nitrogens is 1. The molecule has 1 aliphatic rings. The van der Waals surface area contributed by atoms with Crippen molar-refractivity contribution in [2.75, 3.05) is 18.1 Å². The lowest BCUT2D eigenvalue weighted by atomic mass is 10.0. The molecule has 1 aliphatic heterocycles. The van der Waals surface area contributed by atoms with Crippen molar-refractivity contribution in [1.29, 1.82) is 0 Å². The van der Waals surface area contributed by atoms with E-state index >= 15 is 0 Å². The van der Waals surface area contributed by atoms with Gasteiger partial charge in [-0.2, -0.15) is 4.98 Å². The standard InChI is InChI=1S/C18H19FN2O4/c1-3-24-16-13(8-12-4-6-14(19)7-5-12)9-15-17(20-16)25-10-11(2)21(15)18(22)23/h4-7,9,11H,3,8,10H2,1-2H3,(H,22,23). The molecule has 1 N–H and O–H groups in total. The number of hydrogen-bond acceptors (Lipinski definition) is 4. The molecule has 132 valence electrons. The van der Waals surface area contributed by atoms with Crippen LogP contribution in [0.15, 0.2) is 30.3 Å². The molecule has 0 spiro atoms. The fourth-order valence-electron chi connectivity index (χ4n) is 2.80. The Labute approximate surface area is 144 Å². The fourth-order valence-corrected chi connectivity index (χ4v) is 2.80. The maximum absolute atomic E-state index is 13.1. The summed E-state index contributed by atoms with van der Waals surface area (Å²) in [7, 11) is 0. The Morgan fingerprint density at radius 2 is 2.16 bits per heavy atom. The van der Waals surface area contributed by atoms with Gasteiger partial charge in [-0.25, -0.2) is 9.18 Å². The summed E-state index contributed by atoms with van der Waals surface area (Å²) in [4.78, 5) is 17.2. The van der Waals surface area contributed by atoms with E-state index in [1.165, 1.54) is 17.0 Å². The van der Waals surface area contributed by atoms with Crippen molar-refractivity contribution in [3.63, 3.8) is 0 Å². The first-order valence-electron chi connectivity index (χ1n) is 8.05. The highest BCUT2D eigenvalue weighted by Gasteiger charge is 2.32. The van der Waals surface area contributed by atoms with Crippen molar-refractivity contribution >= 4 is 11.8 Å². The van der Waals surface area contributed by atoms with Crippen LogP contribution in [0.4, 0.5) is 14.9 Å². The van der Waals surface area contributed by atoms with Gasteiger partial charge in [0.2, 0.25) is 11.8 Å². The SMILES string of the molecule is CCOc1nc2c(cc1Cc1ccc(F)cc1)N(C(=O)O)C(C)CO2. The molecule has 1 aromatic heterocycles. The molecule has 2 aromatic rings. The fraction of sp³-hybridized carbons (Fsp3) is 0.333. The molecular formula is C18H19FN2O4. The van der Waals surface area contributed by atoms with Crippen LogP contribution < -0.4 is 14.4 Å². The van der Waals surface area contributed by atoms with Crippen LogP contribution in [0.1, 0.15) is 25.0 Å². The van der Waals surface area contributed by atoms with Gasteiger partial charge in [-0.3, -0.25) is 4.90 Å². The van der Waals surface area contributed by atoms with Gasteiger partial charge in [0.15, 0.2) is 0 Å². The number of benzene rings is 1. The van der Waals surface area contributed by atoms with E-state index in [1.807, 2.05) is 6.92 Å². The van der Waals surface area contributed by atoms with E-state index in [0.717, 1.165) is 11.1 Å². The number of hydrogen-bond donors (Lipinski definition) is 1. The van der Waals surface area contributed by atoms with Crippen molar-refractivity contribution in [2.24, 2.45) is 0 Å². The van der Waals surface area contributed by atoms with Crippen LogP contribution in [0.2, 0.25) is 0 Å². The van der Waals surface area contributed by atoms with Gasteiger partial charge >= 0.3 is 6.09 Å². The molecule has 0 aliphatic carbocycles. The molecule has 0 bridgehead atoms. The predicted molar refractivity (Wildman–Crippen MR) is 90.1 cm³/mol. The minimum atomic E-state index is -1.06. The van der Waals surface area contributed by atoms with E-state index < -0.39 is 6.09 Å². The molecule has 6 nitrogen and oxygen atoms in total. The van der Waals surface area contributed by atoms with Crippen LogP contribution >= 0.6 is 0 Å². The lowest BCUT2D eigenvalue weighted by Crippen LogP contribution is -2.44. The minimum absolute atomic E-state index is 0.231. The maximum Gasteiger partial charge on any atom is 0.412 e. The molecule has 0 fully saturated rings. The monoisotopic (exact) mass is 346 g/mol. The Kier molecular flexibility index (Phi) is 4.74. The summed E-state index contributed by atoms with van der Waals surface area (Å²) < 4.78 is 24.3. The quantitative estimate of drug-likeness (QED) is 0.918. The number of ether oxygens (including phenoxy) is 2. The van der Waals surface area contributed by atoms with E-state index in [4.69, 9.17) is 9.47 Å². The zero-order chi connectivity index (χ0) is 18.0. The average molecular weight is 346 g/mol. The highest BCUT2D eigenvalue weighted by atomic mass is 19.1. The van der Waals surface area contributed by atoms with Crippen LogP contribution in [0.5, 0.6) is 11.8 Å². The van der Waals surface area contributed by atoms with E-state index in [2.05, 4.69) is 4.98 Å². The third kappa shape index (κ3) is 3.50. The van der Waals surface area contributed by atoms with Crippen molar-refractivity contribution < 1.29 is 23.8 Å². The predicted octanol–water partition coefficient (Wildman–Crippen LogP) is 3.48. The summed E-state index contributed by atoms with van der Waals surface area (Å²) in [6.07, 6.45) is -0.617. The first-order valence-corrected chi connectivity index (χ1v) is 8.05. The zero-order valence-electron chi connectivity index (χ0n) is 14.0. The number of nitrogens with zero attached hydrogens (tertiary/aromatic N) is 2. The maximum atomic E-state index is 13.1. The summed E-state index contributed by atoms with van der Waals surface area (Å²) in [5, 5.41) is 9.51. The summed E-state index contributed by atoms with van der Waals surface area (Å²) in [6, 6.07) is 7.54. The van der Waals surface area contributed by atoms with Crippen LogP contribution in [0.3, 0.4) is 0 Å². The molecular weight excluding hydrogens is 327 g/mol. The van der Waals surface area contributed by atoms with E-state index in [-0.39, 0.29) is 24.3 Å². The van der Waals surface area contributed by atoms with Crippen molar-refractivity contribution in [3.8, 4) is 11.8 Å². The molecule has 1 atom stereocenters. The molecule has 1 amide bonds. The Morgan fingerprint density at radius 3 is 2.80 bits per heavy atom. The van der Waals surface area contributed by atoms with Crippen LogP contribution in [-0.2, 0) is 6.42 Å². The summed E-state index contributed by atoms with van der Waals surface area (Å²) in [5.41, 5.74) is 1.98. The summed E-state index contributed by atoms with van der Waals surface area (Å²) in [5.74, 6) is 0.328. The molecule has 1 unspecified atom stereocenters. The minimum Gasteiger partial charge on any atom is -0.478 e. The third-order valence-electron chi connectivity index (χ3n) is 3.96. The van der Waals surface area contributed by atoms with Crippen LogP contribution in [0.25, 0.3) is 0 Å². The lowest BCUT2D eigenvalue weighted by Gasteiger charge is -2.32. The zero-order valence-corrected chi connectivity index (χ0v) is 14.0. The first kappa shape index (κ1) is 17.0. The second-order valence-corrected chi connectivity index (χ2v) is 5.83. The molecule has 3 rings (SSSR count). The normalized spacial score (nSPS) is 16.1. The molecule has 7 heteroatoms. The van der Waals surface area contributed by atoms with Crippen LogP contribution in [-0.4, -0.2) is 35.4 Å². The molecule has 0 saturated heterocycles. The number of amides is 1. The van der Waals surface area contributed by atoms with Gasteiger partial charge in [-0.05, 0) is 37.6 Å². The first-order chi connectivity index (χ1) is 12.0. The van der Waals surface area contributed by atoms with Gasteiger partial charge in [0.25, 0.3) is 0 Å². The second kappa shape index (κ2) is 6.96. The largest absolute Gasteiger partial charge is 0.478 e. The number of rotatable bonds is 4. The van der Waals surface area contributed by atoms with E-state index in [9.17, 15) is 14.3 Å². The topological polar surface area (TPSA) is 71.9 Å². The molecule has 2 heterocycles. The highest BCUT2D eigenvalue weighted by molar-refractivity contribution is 5.89. The van der Waals surface area contributed by atoms with Gasteiger partial charge in [-0.15, -0.1) is 0 Å². The number of anilines is 1. The Hall–Kier alpha value is -2.83. The smallest absolute Gasteiger partial charge is 0.412 e. The number of fused-ring (bicyclic) bond motifs is 1. The Bertz CT molecular complexity index is 779. The van der Waals surface area contributed by atoms with Gasteiger partial charge in [0.1, 0.15) is 18.1 Å². The molecule has 25 heavy (non-hydrogen) atoms. The number of pyridine rings is 1. The van der Waals surface area contributed by atoms with Gasteiger partial charge < -0.3 is 14.6 Å². The number of halogens is 1. The third-order valence-corrected chi connectivity index (χ3v) is 3.96. The van der Waals surface area contributed by atoms with Crippen molar-refractivity contribution in [2.45, 2.75) is 26.3 Å². The van der Waals surface area contributed by atoms with E-state index in [0.29, 0.717) is 24.6 Å². The second-order valence-electron chi connectivity index (χ2n) is 5.83. The van der Waals surface area contributed by atoms with Gasteiger partial charge in [0, 0.05) is 12.0 Å². The van der Waals surface area contributed by atoms with E-state index in [1.54, 1.807) is 25.1 Å². The highest BCUT2D eigenvalue weighted by Crippen LogP contribution is 2.37. The summed E-state index contributed by atoms with van der Waals surface area (Å²) in [6.45, 7) is 4.26. The van der Waals surface area contributed by atoms with Gasteiger partial charge in [0.05, 0.1) is 12.6 Å². The number of carbonyl (C=O) groups is 1. The Balaban J connectivity index is 2.03. The number of carboxylic acid groups (broad SMARTS) is 1. The van der Waals surface area contributed by atoms with Crippen molar-refractivity contribution in [3.05, 3.63) is 47.3 Å². The van der Waals surface area contributed by atoms with Crippen molar-refractivity contribution in [1.82, 2.24) is 4.98 Å². The lowest BCUT2D eigenvalue weighted by molar-refractivity contribution is 0.187. The Morgan fingerprint density at radius 1 is 1.44 bits per heavy atom.